The fourth-order valence-electron chi connectivity index (χ4n) is 7.19. The van der Waals surface area contributed by atoms with Crippen molar-refractivity contribution in [1.82, 2.24) is 9.97 Å². The molecule has 0 aliphatic carbocycles. The highest BCUT2D eigenvalue weighted by Crippen LogP contribution is 2.43. The van der Waals surface area contributed by atoms with E-state index in [-0.39, 0.29) is 0 Å². The first-order valence-electron chi connectivity index (χ1n) is 18.1. The van der Waals surface area contributed by atoms with Gasteiger partial charge in [-0.25, -0.2) is 9.97 Å². The van der Waals surface area contributed by atoms with Crippen LogP contribution in [0.3, 0.4) is 0 Å². The number of hydrogen-bond acceptors (Lipinski definition) is 8. The van der Waals surface area contributed by atoms with Crippen molar-refractivity contribution in [3.63, 3.8) is 0 Å². The average molecular weight is 769 g/mol. The maximum Gasteiger partial charge on any atom is 0.118 e. The fourth-order valence-corrected chi connectivity index (χ4v) is 9.51. The third-order valence-electron chi connectivity index (χ3n) is 10.0. The predicted octanol–water partition coefficient (Wildman–Crippen LogP) is 12.8. The molecule has 2 aliphatic rings. The summed E-state index contributed by atoms with van der Waals surface area (Å²) in [5.41, 5.74) is 11.9. The second-order valence-electron chi connectivity index (χ2n) is 13.2. The number of fused-ring (bicyclic) bond motifs is 8. The Labute approximate surface area is 333 Å². The van der Waals surface area contributed by atoms with E-state index in [0.29, 0.717) is 0 Å². The van der Waals surface area contributed by atoms with Gasteiger partial charge in [-0.1, -0.05) is 48.5 Å². The number of rotatable bonds is 8. The Morgan fingerprint density at radius 1 is 0.304 bits per heavy atom. The van der Waals surface area contributed by atoms with E-state index in [9.17, 15) is 0 Å². The molecule has 6 nitrogen and oxygen atoms in total. The van der Waals surface area contributed by atoms with E-state index >= 15 is 0 Å². The van der Waals surface area contributed by atoms with Crippen LogP contribution in [-0.4, -0.2) is 38.4 Å². The van der Waals surface area contributed by atoms with Gasteiger partial charge in [0.2, 0.25) is 0 Å². The Balaban J connectivity index is 1.44. The Morgan fingerprint density at radius 2 is 0.518 bits per heavy atom. The second kappa shape index (κ2) is 15.0. The third kappa shape index (κ3) is 6.53. The molecule has 5 heterocycles. The van der Waals surface area contributed by atoms with Crippen molar-refractivity contribution in [1.29, 1.82) is 0 Å². The summed E-state index contributed by atoms with van der Waals surface area (Å²) in [6, 6.07) is 41.7. The molecule has 9 rings (SSSR count). The lowest BCUT2D eigenvalue weighted by atomic mass is 10.0. The smallest absolute Gasteiger partial charge is 0.118 e. The predicted molar refractivity (Wildman–Crippen MR) is 234 cm³/mol. The summed E-state index contributed by atoms with van der Waals surface area (Å²) >= 11 is 3.47. The first-order valence-corrected chi connectivity index (χ1v) is 19.7. The summed E-state index contributed by atoms with van der Waals surface area (Å²) in [5, 5.41) is 0. The molecule has 0 amide bonds. The van der Waals surface area contributed by atoms with Gasteiger partial charge in [0.25, 0.3) is 0 Å². The van der Waals surface area contributed by atoms with Crippen LogP contribution in [0.4, 0.5) is 0 Å². The summed E-state index contributed by atoms with van der Waals surface area (Å²) in [4.78, 5) is 10.9. The Bertz CT molecular complexity index is 2440. The van der Waals surface area contributed by atoms with Gasteiger partial charge in [-0.15, -0.1) is 22.7 Å². The lowest BCUT2D eigenvalue weighted by molar-refractivity contribution is 0.415. The Morgan fingerprint density at radius 3 is 0.714 bits per heavy atom. The molecule has 7 aromatic rings. The van der Waals surface area contributed by atoms with Crippen LogP contribution in [0.25, 0.3) is 87.6 Å². The molecule has 274 valence electrons. The summed E-state index contributed by atoms with van der Waals surface area (Å²) in [7, 11) is 6.76. The summed E-state index contributed by atoms with van der Waals surface area (Å²) in [6.07, 6.45) is 8.55. The van der Waals surface area contributed by atoms with E-state index in [4.69, 9.17) is 28.9 Å². The normalized spacial score (nSPS) is 11.8. The van der Waals surface area contributed by atoms with Gasteiger partial charge in [-0.05, 0) is 119 Å². The largest absolute Gasteiger partial charge is 0.497 e. The SMILES string of the molecule is COc1ccc(-c2c3nc(c(-c4ccc(OC)cc4)c4ccc(s4)c(-c4ccc(OC)cc4)c4nc(c(-c5ccc(OC)cc5)c5ccc2s5)C=C4)C=C3)cc1. The molecule has 0 fully saturated rings. The summed E-state index contributed by atoms with van der Waals surface area (Å²) in [6.45, 7) is 0. The fraction of sp³-hybridized carbons (Fsp3) is 0.0833. The van der Waals surface area contributed by atoms with Crippen molar-refractivity contribution in [2.45, 2.75) is 0 Å². The van der Waals surface area contributed by atoms with Crippen molar-refractivity contribution in [2.75, 3.05) is 28.4 Å². The van der Waals surface area contributed by atoms with E-state index in [1.54, 1.807) is 51.1 Å². The van der Waals surface area contributed by atoms with Crippen LogP contribution >= 0.6 is 22.7 Å². The molecular weight excluding hydrogens is 733 g/mol. The van der Waals surface area contributed by atoms with Gasteiger partial charge in [0, 0.05) is 41.1 Å². The van der Waals surface area contributed by atoms with Gasteiger partial charge in [0.05, 0.1) is 51.2 Å². The molecule has 56 heavy (non-hydrogen) atoms. The van der Waals surface area contributed by atoms with E-state index in [1.165, 1.54) is 0 Å². The van der Waals surface area contributed by atoms with Crippen LogP contribution in [0.1, 0.15) is 22.8 Å². The molecule has 8 bridgehead atoms. The van der Waals surface area contributed by atoms with Crippen LogP contribution in [0.5, 0.6) is 23.0 Å². The molecule has 0 N–H and O–H groups in total. The van der Waals surface area contributed by atoms with E-state index < -0.39 is 0 Å². The highest BCUT2D eigenvalue weighted by Gasteiger charge is 2.19. The molecule has 8 heteroatoms. The number of methoxy groups -OCH3 is 4. The topological polar surface area (TPSA) is 62.7 Å². The van der Waals surface area contributed by atoms with Gasteiger partial charge in [0.1, 0.15) is 23.0 Å². The molecule has 0 atom stereocenters. The Kier molecular flexibility index (Phi) is 9.43. The zero-order chi connectivity index (χ0) is 38.2. The lowest BCUT2D eigenvalue weighted by Crippen LogP contribution is -1.88. The van der Waals surface area contributed by atoms with Gasteiger partial charge in [-0.2, -0.15) is 0 Å². The van der Waals surface area contributed by atoms with Crippen LogP contribution in [0.15, 0.2) is 121 Å². The third-order valence-corrected chi connectivity index (χ3v) is 12.3. The van der Waals surface area contributed by atoms with Crippen molar-refractivity contribution in [3.8, 4) is 67.5 Å². The molecular formula is C48H36N2O4S2. The van der Waals surface area contributed by atoms with Crippen molar-refractivity contribution in [3.05, 3.63) is 144 Å². The number of nitrogens with zero attached hydrogens (tertiary/aromatic N) is 2. The van der Waals surface area contributed by atoms with Gasteiger partial charge >= 0.3 is 0 Å². The number of aromatic nitrogens is 2. The average Bonchev–Trinajstić information content (AvgIpc) is 4.10. The maximum atomic E-state index is 5.55. The first-order chi connectivity index (χ1) is 27.5. The van der Waals surface area contributed by atoms with Crippen molar-refractivity contribution < 1.29 is 18.9 Å². The minimum atomic E-state index is 0.799. The van der Waals surface area contributed by atoms with Crippen molar-refractivity contribution in [2.24, 2.45) is 0 Å². The van der Waals surface area contributed by atoms with E-state index in [0.717, 1.165) is 109 Å². The molecule has 3 aromatic heterocycles. The van der Waals surface area contributed by atoms with Gasteiger partial charge in [-0.3, -0.25) is 0 Å². The number of benzene rings is 4. The van der Waals surface area contributed by atoms with Crippen molar-refractivity contribution >= 4 is 65.8 Å². The molecule has 4 aromatic carbocycles. The highest BCUT2D eigenvalue weighted by atomic mass is 32.1. The van der Waals surface area contributed by atoms with Gasteiger partial charge < -0.3 is 18.9 Å². The van der Waals surface area contributed by atoms with Crippen LogP contribution in [-0.2, 0) is 0 Å². The minimum absolute atomic E-state index is 0.799. The number of hydrogen-bond donors (Lipinski definition) is 0. The second-order valence-corrected chi connectivity index (χ2v) is 15.3. The quantitative estimate of drug-likeness (QED) is 0.153. The van der Waals surface area contributed by atoms with E-state index in [1.807, 2.05) is 48.5 Å². The first kappa shape index (κ1) is 35.2. The Hall–Kier alpha value is -6.48. The van der Waals surface area contributed by atoms with E-state index in [2.05, 4.69) is 97.1 Å². The standard InChI is InChI=1S/C48H36N2O4S2/c1-51-33-13-5-29(6-14-33)45-37-21-22-38(49-37)46(30-7-15-34(52-2)16-8-30)43-27-28-44(56-43)48(32-11-19-36(54-4)20-12-32)40-24-23-39(50-40)47(42-26-25-41(45)55-42)31-9-17-35(53-3)18-10-31/h5-28H,1-4H3. The lowest BCUT2D eigenvalue weighted by Gasteiger charge is -2.08. The molecule has 2 aliphatic heterocycles. The molecule has 0 radical (unpaired) electrons. The monoisotopic (exact) mass is 768 g/mol. The molecule has 0 unspecified atom stereocenters. The maximum absolute atomic E-state index is 5.55. The molecule has 0 saturated carbocycles. The zero-order valence-corrected chi connectivity index (χ0v) is 32.8. The summed E-state index contributed by atoms with van der Waals surface area (Å²) < 4.78 is 26.6. The number of ether oxygens (including phenoxy) is 4. The van der Waals surface area contributed by atoms with Gasteiger partial charge in [0.15, 0.2) is 0 Å². The van der Waals surface area contributed by atoms with Crippen LogP contribution in [0.2, 0.25) is 0 Å². The van der Waals surface area contributed by atoms with Crippen LogP contribution in [0, 0.1) is 0 Å². The summed E-state index contributed by atoms with van der Waals surface area (Å²) in [5.74, 6) is 3.20. The highest BCUT2D eigenvalue weighted by molar-refractivity contribution is 7.24. The minimum Gasteiger partial charge on any atom is -0.497 e. The number of thiophene rings is 2. The molecule has 0 spiro atoms. The van der Waals surface area contributed by atoms with Crippen LogP contribution < -0.4 is 18.9 Å². The zero-order valence-electron chi connectivity index (χ0n) is 31.2. The molecule has 0 saturated heterocycles.